The Kier molecular flexibility index (Phi) is 4.36. The number of aromatic nitrogens is 1. The Morgan fingerprint density at radius 2 is 2.18 bits per heavy atom. The Hall–Kier alpha value is -0.650. The summed E-state index contributed by atoms with van der Waals surface area (Å²) in [4.78, 5) is 4.24. The minimum absolute atomic E-state index is 0.655. The molecule has 0 aliphatic rings. The molecule has 1 N–H and O–H groups in total. The summed E-state index contributed by atoms with van der Waals surface area (Å²) in [7, 11) is 0. The molecule has 1 heterocycles. The fourth-order valence-electron chi connectivity index (χ4n) is 1.43. The Bertz CT molecular complexity index is 511. The number of oxazole rings is 1. The van der Waals surface area contributed by atoms with E-state index in [2.05, 4.69) is 49.1 Å². The first-order chi connectivity index (χ1) is 8.20. The van der Waals surface area contributed by atoms with Gasteiger partial charge in [0.2, 0.25) is 5.89 Å². The highest BCUT2D eigenvalue weighted by Crippen LogP contribution is 2.31. The largest absolute Gasteiger partial charge is 0.439 e. The van der Waals surface area contributed by atoms with Gasteiger partial charge in [-0.3, -0.25) is 0 Å². The SMILES string of the molecule is CCNCc1ncc(-c2cc(Br)ccc2Br)o1. The van der Waals surface area contributed by atoms with Gasteiger partial charge >= 0.3 is 0 Å². The zero-order valence-corrected chi connectivity index (χ0v) is 12.5. The summed E-state index contributed by atoms with van der Waals surface area (Å²) in [5.41, 5.74) is 0.995. The monoisotopic (exact) mass is 358 g/mol. The molecule has 1 aromatic carbocycles. The van der Waals surface area contributed by atoms with E-state index in [9.17, 15) is 0 Å². The predicted octanol–water partition coefficient (Wildman–Crippen LogP) is 3.98. The summed E-state index contributed by atoms with van der Waals surface area (Å²) in [6.45, 7) is 3.61. The number of hydrogen-bond donors (Lipinski definition) is 1. The van der Waals surface area contributed by atoms with E-state index in [4.69, 9.17) is 4.42 Å². The van der Waals surface area contributed by atoms with E-state index in [1.54, 1.807) is 6.20 Å². The minimum Gasteiger partial charge on any atom is -0.439 e. The fraction of sp³-hybridized carbons (Fsp3) is 0.250. The molecule has 0 saturated heterocycles. The summed E-state index contributed by atoms with van der Waals surface area (Å²) in [5, 5.41) is 3.18. The maximum absolute atomic E-state index is 5.68. The van der Waals surface area contributed by atoms with Gasteiger partial charge in [0.25, 0.3) is 0 Å². The molecule has 2 rings (SSSR count). The maximum Gasteiger partial charge on any atom is 0.208 e. The smallest absolute Gasteiger partial charge is 0.208 e. The van der Waals surface area contributed by atoms with E-state index in [0.29, 0.717) is 12.4 Å². The highest BCUT2D eigenvalue weighted by Gasteiger charge is 2.09. The summed E-state index contributed by atoms with van der Waals surface area (Å²) < 4.78 is 7.69. The third-order valence-corrected chi connectivity index (χ3v) is 3.46. The molecule has 17 heavy (non-hydrogen) atoms. The average Bonchev–Trinajstić information content (AvgIpc) is 2.78. The van der Waals surface area contributed by atoms with Gasteiger partial charge in [-0.15, -0.1) is 0 Å². The Balaban J connectivity index is 2.27. The van der Waals surface area contributed by atoms with Crippen LogP contribution in [0.3, 0.4) is 0 Å². The Labute approximate surface area is 117 Å². The van der Waals surface area contributed by atoms with Crippen molar-refractivity contribution in [3.8, 4) is 11.3 Å². The van der Waals surface area contributed by atoms with E-state index in [1.807, 2.05) is 18.2 Å². The number of nitrogens with one attached hydrogen (secondary N) is 1. The molecule has 0 radical (unpaired) electrons. The van der Waals surface area contributed by atoms with Crippen molar-refractivity contribution in [1.82, 2.24) is 10.3 Å². The van der Waals surface area contributed by atoms with Crippen molar-refractivity contribution >= 4 is 31.9 Å². The number of hydrogen-bond acceptors (Lipinski definition) is 3. The van der Waals surface area contributed by atoms with Crippen LogP contribution in [0, 0.1) is 0 Å². The Morgan fingerprint density at radius 3 is 2.94 bits per heavy atom. The summed E-state index contributed by atoms with van der Waals surface area (Å²) >= 11 is 6.95. The number of nitrogens with zero attached hydrogens (tertiary/aromatic N) is 1. The van der Waals surface area contributed by atoms with Crippen LogP contribution in [0.5, 0.6) is 0 Å². The first-order valence-corrected chi connectivity index (χ1v) is 6.90. The van der Waals surface area contributed by atoms with Gasteiger partial charge in [-0.25, -0.2) is 4.98 Å². The van der Waals surface area contributed by atoms with Crippen molar-refractivity contribution in [3.63, 3.8) is 0 Å². The van der Waals surface area contributed by atoms with Crippen LogP contribution in [-0.2, 0) is 6.54 Å². The maximum atomic E-state index is 5.68. The number of benzene rings is 1. The van der Waals surface area contributed by atoms with Crippen molar-refractivity contribution < 1.29 is 4.42 Å². The predicted molar refractivity (Wildman–Crippen MR) is 74.7 cm³/mol. The van der Waals surface area contributed by atoms with Crippen molar-refractivity contribution in [3.05, 3.63) is 39.2 Å². The molecule has 2 aromatic rings. The van der Waals surface area contributed by atoms with Gasteiger partial charge in [0.05, 0.1) is 12.7 Å². The number of halogens is 2. The molecule has 0 aliphatic heterocycles. The van der Waals surface area contributed by atoms with Crippen LogP contribution < -0.4 is 5.32 Å². The van der Waals surface area contributed by atoms with Gasteiger partial charge in [-0.05, 0) is 24.7 Å². The molecule has 0 atom stereocenters. The lowest BCUT2D eigenvalue weighted by molar-refractivity contribution is 0.482. The van der Waals surface area contributed by atoms with Gasteiger partial charge in [0.1, 0.15) is 0 Å². The van der Waals surface area contributed by atoms with Crippen molar-refractivity contribution in [1.29, 1.82) is 0 Å². The minimum atomic E-state index is 0.655. The van der Waals surface area contributed by atoms with Gasteiger partial charge in [0.15, 0.2) is 5.76 Å². The lowest BCUT2D eigenvalue weighted by Crippen LogP contribution is -2.11. The third-order valence-electron chi connectivity index (χ3n) is 2.27. The average molecular weight is 360 g/mol. The topological polar surface area (TPSA) is 38.1 Å². The van der Waals surface area contributed by atoms with E-state index < -0.39 is 0 Å². The normalized spacial score (nSPS) is 10.8. The van der Waals surface area contributed by atoms with Crippen LogP contribution in [-0.4, -0.2) is 11.5 Å². The third kappa shape index (κ3) is 3.18. The van der Waals surface area contributed by atoms with Crippen molar-refractivity contribution in [2.45, 2.75) is 13.5 Å². The van der Waals surface area contributed by atoms with Crippen LogP contribution in [0.4, 0.5) is 0 Å². The van der Waals surface area contributed by atoms with Gasteiger partial charge in [0, 0.05) is 14.5 Å². The molecule has 0 fully saturated rings. The summed E-state index contributed by atoms with van der Waals surface area (Å²) in [6.07, 6.45) is 1.75. The van der Waals surface area contributed by atoms with Crippen LogP contribution in [0.1, 0.15) is 12.8 Å². The quantitative estimate of drug-likeness (QED) is 0.897. The molecule has 1 aromatic heterocycles. The molecule has 3 nitrogen and oxygen atoms in total. The lowest BCUT2D eigenvalue weighted by atomic mass is 10.2. The second-order valence-corrected chi connectivity index (χ2v) is 5.29. The highest BCUT2D eigenvalue weighted by molar-refractivity contribution is 9.11. The standard InChI is InChI=1S/C12H12Br2N2O/c1-2-15-7-12-16-6-11(17-12)9-5-8(13)3-4-10(9)14/h3-6,15H,2,7H2,1H3. The van der Waals surface area contributed by atoms with Crippen LogP contribution in [0.15, 0.2) is 37.8 Å². The molecule has 0 bridgehead atoms. The molecule has 5 heteroatoms. The molecular weight excluding hydrogens is 348 g/mol. The van der Waals surface area contributed by atoms with E-state index in [-0.39, 0.29) is 0 Å². The zero-order chi connectivity index (χ0) is 12.3. The summed E-state index contributed by atoms with van der Waals surface area (Å²) in [5.74, 6) is 1.47. The molecule has 0 amide bonds. The van der Waals surface area contributed by atoms with Gasteiger partial charge < -0.3 is 9.73 Å². The second kappa shape index (κ2) is 5.80. The van der Waals surface area contributed by atoms with Crippen molar-refractivity contribution in [2.24, 2.45) is 0 Å². The molecule has 0 unspecified atom stereocenters. The van der Waals surface area contributed by atoms with Crippen molar-refractivity contribution in [2.75, 3.05) is 6.54 Å². The first-order valence-electron chi connectivity index (χ1n) is 5.31. The van der Waals surface area contributed by atoms with Crippen LogP contribution in [0.25, 0.3) is 11.3 Å². The second-order valence-electron chi connectivity index (χ2n) is 3.52. The Morgan fingerprint density at radius 1 is 1.35 bits per heavy atom. The fourth-order valence-corrected chi connectivity index (χ4v) is 2.24. The van der Waals surface area contributed by atoms with E-state index in [0.717, 1.165) is 26.8 Å². The first kappa shape index (κ1) is 12.8. The van der Waals surface area contributed by atoms with Gasteiger partial charge in [-0.2, -0.15) is 0 Å². The van der Waals surface area contributed by atoms with Crippen LogP contribution in [0.2, 0.25) is 0 Å². The van der Waals surface area contributed by atoms with E-state index >= 15 is 0 Å². The lowest BCUT2D eigenvalue weighted by Gasteiger charge is -2.01. The number of rotatable bonds is 4. The van der Waals surface area contributed by atoms with E-state index in [1.165, 1.54) is 0 Å². The molecule has 90 valence electrons. The molecule has 0 spiro atoms. The summed E-state index contributed by atoms with van der Waals surface area (Å²) in [6, 6.07) is 5.96. The van der Waals surface area contributed by atoms with Crippen LogP contribution >= 0.6 is 31.9 Å². The van der Waals surface area contributed by atoms with Gasteiger partial charge in [-0.1, -0.05) is 38.8 Å². The molecular formula is C12H12Br2N2O. The highest BCUT2D eigenvalue weighted by atomic mass is 79.9. The molecule has 0 saturated carbocycles. The zero-order valence-electron chi connectivity index (χ0n) is 9.34. The molecule has 0 aliphatic carbocycles.